The van der Waals surface area contributed by atoms with Crippen LogP contribution >= 0.6 is 10.8 Å². The second-order valence-electron chi connectivity index (χ2n) is 1.68. The molecule has 1 aliphatic rings. The highest BCUT2D eigenvalue weighted by Gasteiger charge is 2.18. The van der Waals surface area contributed by atoms with Gasteiger partial charge in [-0.1, -0.05) is 6.58 Å². The van der Waals surface area contributed by atoms with E-state index < -0.39 is 9.15 Å². The summed E-state index contributed by atoms with van der Waals surface area (Å²) in [6.07, 6.45) is 0. The fraction of sp³-hybridized carbons (Fsp3) is 0.500. The van der Waals surface area contributed by atoms with Crippen LogP contribution in [-0.2, 0) is 13.3 Å². The third-order valence-electron chi connectivity index (χ3n) is 0.815. The minimum Gasteiger partial charge on any atom is -0.257 e. The van der Waals surface area contributed by atoms with E-state index >= 15 is 0 Å². The summed E-state index contributed by atoms with van der Waals surface area (Å²) in [4.78, 5) is 0. The van der Waals surface area contributed by atoms with Crippen molar-refractivity contribution in [3.63, 3.8) is 0 Å². The van der Waals surface area contributed by atoms with E-state index in [9.17, 15) is 8.42 Å². The Hall–Kier alpha value is -0.0000000000000000555. The van der Waals surface area contributed by atoms with Crippen molar-refractivity contribution in [3.8, 4) is 0 Å². The molecule has 0 aliphatic carbocycles. The van der Waals surface area contributed by atoms with E-state index in [4.69, 9.17) is 0 Å². The van der Waals surface area contributed by atoms with Crippen molar-refractivity contribution in [2.45, 2.75) is 0 Å². The number of rotatable bonds is 0. The standard InChI is InChI=1S/C4H6O3S2/c1-4-2-7-9(5,6)8-3-4/h1-3H2. The lowest BCUT2D eigenvalue weighted by Gasteiger charge is -2.11. The molecule has 9 heavy (non-hydrogen) atoms. The van der Waals surface area contributed by atoms with Gasteiger partial charge in [0, 0.05) is 16.5 Å². The van der Waals surface area contributed by atoms with Gasteiger partial charge < -0.3 is 0 Å². The van der Waals surface area contributed by atoms with Crippen molar-refractivity contribution in [1.29, 1.82) is 0 Å². The van der Waals surface area contributed by atoms with Crippen molar-refractivity contribution in [1.82, 2.24) is 0 Å². The normalized spacial score (nSPS) is 26.0. The minimum absolute atomic E-state index is 0.148. The lowest BCUT2D eigenvalue weighted by Crippen LogP contribution is -2.12. The van der Waals surface area contributed by atoms with Crippen LogP contribution in [0.25, 0.3) is 0 Å². The van der Waals surface area contributed by atoms with Crippen molar-refractivity contribution < 1.29 is 12.6 Å². The van der Waals surface area contributed by atoms with Gasteiger partial charge in [0.1, 0.15) is 0 Å². The highest BCUT2D eigenvalue weighted by atomic mass is 33.1. The molecule has 0 unspecified atom stereocenters. The van der Waals surface area contributed by atoms with Crippen molar-refractivity contribution in [2.24, 2.45) is 0 Å². The van der Waals surface area contributed by atoms with E-state index in [1.165, 1.54) is 0 Å². The molecule has 1 fully saturated rings. The zero-order chi connectivity index (χ0) is 6.91. The molecule has 0 saturated carbocycles. The highest BCUT2D eigenvalue weighted by Crippen LogP contribution is 2.22. The SMILES string of the molecule is C=C1COS(=O)(=O)SC1. The third kappa shape index (κ3) is 2.00. The van der Waals surface area contributed by atoms with E-state index in [0.717, 1.165) is 16.4 Å². The van der Waals surface area contributed by atoms with Gasteiger partial charge in [-0.15, -0.1) is 0 Å². The Kier molecular flexibility index (Phi) is 1.83. The second-order valence-corrected chi connectivity index (χ2v) is 5.19. The maximum Gasteiger partial charge on any atom is 0.322 e. The molecule has 52 valence electrons. The molecule has 1 aliphatic heterocycles. The van der Waals surface area contributed by atoms with Crippen LogP contribution in [0.3, 0.4) is 0 Å². The molecule has 1 rings (SSSR count). The maximum atomic E-state index is 10.5. The third-order valence-corrected chi connectivity index (χ3v) is 3.54. The van der Waals surface area contributed by atoms with Gasteiger partial charge in [0.2, 0.25) is 0 Å². The molecule has 0 amide bonds. The Morgan fingerprint density at radius 1 is 1.67 bits per heavy atom. The van der Waals surface area contributed by atoms with Gasteiger partial charge in [-0.25, -0.2) is 0 Å². The first-order valence-electron chi connectivity index (χ1n) is 2.30. The van der Waals surface area contributed by atoms with Gasteiger partial charge in [-0.2, -0.15) is 8.42 Å². The van der Waals surface area contributed by atoms with Gasteiger partial charge in [-0.3, -0.25) is 4.18 Å². The van der Waals surface area contributed by atoms with Crippen LogP contribution in [-0.4, -0.2) is 20.8 Å². The second kappa shape index (κ2) is 2.32. The van der Waals surface area contributed by atoms with Gasteiger partial charge in [0.05, 0.1) is 6.61 Å². The molecule has 1 heterocycles. The van der Waals surface area contributed by atoms with Gasteiger partial charge >= 0.3 is 9.15 Å². The Bertz CT molecular complexity index is 200. The zero-order valence-electron chi connectivity index (χ0n) is 4.66. The summed E-state index contributed by atoms with van der Waals surface area (Å²) < 4.78 is 25.4. The van der Waals surface area contributed by atoms with Crippen LogP contribution in [0.2, 0.25) is 0 Å². The predicted octanol–water partition coefficient (Wildman–Crippen LogP) is 0.551. The molecule has 0 bridgehead atoms. The maximum absolute atomic E-state index is 10.5. The molecule has 0 radical (unpaired) electrons. The Balaban J connectivity index is 2.65. The largest absolute Gasteiger partial charge is 0.322 e. The zero-order valence-corrected chi connectivity index (χ0v) is 6.30. The summed E-state index contributed by atoms with van der Waals surface area (Å²) in [6.45, 7) is 3.72. The molecule has 1 saturated heterocycles. The summed E-state index contributed by atoms with van der Waals surface area (Å²) in [5.41, 5.74) is 0.815. The number of hydrogen-bond acceptors (Lipinski definition) is 4. The van der Waals surface area contributed by atoms with Crippen LogP contribution in [0.5, 0.6) is 0 Å². The fourth-order valence-electron chi connectivity index (χ4n) is 0.387. The van der Waals surface area contributed by atoms with E-state index in [2.05, 4.69) is 10.8 Å². The predicted molar refractivity (Wildman–Crippen MR) is 36.5 cm³/mol. The molecule has 0 aromatic carbocycles. The van der Waals surface area contributed by atoms with E-state index in [0.29, 0.717) is 5.75 Å². The molecule has 0 atom stereocenters. The van der Waals surface area contributed by atoms with Crippen molar-refractivity contribution in [3.05, 3.63) is 12.2 Å². The first-order chi connectivity index (χ1) is 4.10. The monoisotopic (exact) mass is 166 g/mol. The van der Waals surface area contributed by atoms with Crippen LogP contribution in [0.4, 0.5) is 0 Å². The quantitative estimate of drug-likeness (QED) is 0.389. The lowest BCUT2D eigenvalue weighted by atomic mass is 10.4. The van der Waals surface area contributed by atoms with Gasteiger partial charge in [0.15, 0.2) is 0 Å². The summed E-state index contributed by atoms with van der Waals surface area (Å²) >= 11 is 0. The Labute approximate surface area is 57.6 Å². The molecule has 5 heteroatoms. The first kappa shape index (κ1) is 7.11. The molecule has 0 spiro atoms. The van der Waals surface area contributed by atoms with Crippen LogP contribution in [0.1, 0.15) is 0 Å². The summed E-state index contributed by atoms with van der Waals surface area (Å²) in [7, 11) is -2.48. The van der Waals surface area contributed by atoms with Crippen LogP contribution in [0, 0.1) is 0 Å². The van der Waals surface area contributed by atoms with E-state index in [1.807, 2.05) is 0 Å². The minimum atomic E-state index is -3.26. The van der Waals surface area contributed by atoms with E-state index in [-0.39, 0.29) is 6.61 Å². The van der Waals surface area contributed by atoms with Crippen LogP contribution in [0.15, 0.2) is 12.2 Å². The van der Waals surface area contributed by atoms with Crippen molar-refractivity contribution >= 4 is 19.9 Å². The average molecular weight is 166 g/mol. The topological polar surface area (TPSA) is 43.4 Å². The molecule has 3 nitrogen and oxygen atoms in total. The molecule has 0 aromatic rings. The average Bonchev–Trinajstić information content (AvgIpc) is 1.78. The van der Waals surface area contributed by atoms with Gasteiger partial charge in [-0.05, 0) is 5.57 Å². The highest BCUT2D eigenvalue weighted by molar-refractivity contribution is 8.70. The first-order valence-corrected chi connectivity index (χ1v) is 5.22. The molecule has 0 aromatic heterocycles. The Morgan fingerprint density at radius 3 is 2.67 bits per heavy atom. The lowest BCUT2D eigenvalue weighted by molar-refractivity contribution is 0.358. The van der Waals surface area contributed by atoms with Gasteiger partial charge in [0.25, 0.3) is 0 Å². The molecular weight excluding hydrogens is 160 g/mol. The fourth-order valence-corrected chi connectivity index (χ4v) is 2.44. The van der Waals surface area contributed by atoms with Crippen LogP contribution < -0.4 is 0 Å². The molecule has 0 N–H and O–H groups in total. The van der Waals surface area contributed by atoms with Crippen molar-refractivity contribution in [2.75, 3.05) is 12.4 Å². The van der Waals surface area contributed by atoms with E-state index in [1.54, 1.807) is 0 Å². The summed E-state index contributed by atoms with van der Waals surface area (Å²) in [5.74, 6) is 0.461. The molecular formula is C4H6O3S2. The number of hydrogen-bond donors (Lipinski definition) is 0. The smallest absolute Gasteiger partial charge is 0.257 e. The Morgan fingerprint density at radius 2 is 2.33 bits per heavy atom. The summed E-state index contributed by atoms with van der Waals surface area (Å²) in [5, 5.41) is 0. The summed E-state index contributed by atoms with van der Waals surface area (Å²) in [6, 6.07) is 0.